The van der Waals surface area contributed by atoms with Crippen LogP contribution in [0.3, 0.4) is 0 Å². The van der Waals surface area contributed by atoms with Crippen LogP contribution in [0.25, 0.3) is 16.8 Å². The number of nitrogens with zero attached hydrogens (tertiary/aromatic N) is 3. The van der Waals surface area contributed by atoms with Gasteiger partial charge in [-0.05, 0) is 55.4 Å². The molecule has 164 valence electrons. The summed E-state index contributed by atoms with van der Waals surface area (Å²) in [6.07, 6.45) is 3.07. The van der Waals surface area contributed by atoms with E-state index < -0.39 is 0 Å². The summed E-state index contributed by atoms with van der Waals surface area (Å²) in [4.78, 5) is 5.03. The highest BCUT2D eigenvalue weighted by Crippen LogP contribution is 2.51. The first-order chi connectivity index (χ1) is 15.5. The lowest BCUT2D eigenvalue weighted by Crippen LogP contribution is -2.40. The van der Waals surface area contributed by atoms with Gasteiger partial charge in [0.05, 0.1) is 17.3 Å². The van der Waals surface area contributed by atoms with E-state index in [0.717, 1.165) is 30.0 Å². The van der Waals surface area contributed by atoms with Gasteiger partial charge in [-0.15, -0.1) is 0 Å². The minimum atomic E-state index is -0.210. The van der Waals surface area contributed by atoms with Crippen LogP contribution in [-0.4, -0.2) is 14.7 Å². The summed E-state index contributed by atoms with van der Waals surface area (Å²) in [6, 6.07) is 21.2. The van der Waals surface area contributed by atoms with Crippen LogP contribution in [0.4, 0.5) is 0 Å². The smallest absolute Gasteiger partial charge is 0.110 e. The molecule has 0 spiro atoms. The van der Waals surface area contributed by atoms with Gasteiger partial charge in [0.2, 0.25) is 0 Å². The Morgan fingerprint density at radius 1 is 1.09 bits per heavy atom. The average molecular weight is 426 g/mol. The normalized spacial score (nSPS) is 21.7. The molecule has 1 heterocycles. The molecule has 5 rings (SSSR count). The predicted octanol–water partition coefficient (Wildman–Crippen LogP) is 6.82. The zero-order valence-electron chi connectivity index (χ0n) is 19.4. The first-order valence-corrected chi connectivity index (χ1v) is 11.6. The standard InChI is InChI=1S/C26H25N3O.C2H6/c1-17-28-25-23(12-11-21-14-24(30)20(16-27)15-26(21,25)2)29(17)22-10-6-9-19(13-22)18-7-4-3-5-8-18;1-2/h3-10,13,21,30H,11-12,14-15H2,1-2H3;1-2H3. The summed E-state index contributed by atoms with van der Waals surface area (Å²) >= 11 is 0. The number of hydrogen-bond acceptors (Lipinski definition) is 3. The van der Waals surface area contributed by atoms with E-state index in [0.29, 0.717) is 24.3 Å². The molecule has 0 amide bonds. The van der Waals surface area contributed by atoms with Crippen LogP contribution >= 0.6 is 0 Å². The molecule has 0 bridgehead atoms. The molecule has 2 unspecified atom stereocenters. The van der Waals surface area contributed by atoms with Crippen molar-refractivity contribution >= 4 is 0 Å². The van der Waals surface area contributed by atoms with Gasteiger partial charge >= 0.3 is 0 Å². The number of aliphatic hydroxyl groups excluding tert-OH is 1. The summed E-state index contributed by atoms with van der Waals surface area (Å²) in [5.41, 5.74) is 6.16. The molecule has 0 saturated carbocycles. The van der Waals surface area contributed by atoms with Crippen molar-refractivity contribution in [2.24, 2.45) is 5.92 Å². The summed E-state index contributed by atoms with van der Waals surface area (Å²) in [7, 11) is 0. The molecule has 2 aromatic carbocycles. The van der Waals surface area contributed by atoms with Crippen molar-refractivity contribution < 1.29 is 5.11 Å². The fourth-order valence-electron chi connectivity index (χ4n) is 5.37. The number of benzene rings is 2. The summed E-state index contributed by atoms with van der Waals surface area (Å²) < 4.78 is 2.29. The largest absolute Gasteiger partial charge is 0.511 e. The number of hydrogen-bond donors (Lipinski definition) is 1. The molecule has 1 N–H and O–H groups in total. The molecule has 2 aliphatic rings. The Bertz CT molecular complexity index is 1200. The van der Waals surface area contributed by atoms with Gasteiger partial charge in [-0.3, -0.25) is 0 Å². The van der Waals surface area contributed by atoms with Crippen LogP contribution in [0.2, 0.25) is 0 Å². The van der Waals surface area contributed by atoms with Gasteiger partial charge in [0.15, 0.2) is 0 Å². The van der Waals surface area contributed by atoms with Crippen molar-refractivity contribution in [1.82, 2.24) is 9.55 Å². The predicted molar refractivity (Wildman–Crippen MR) is 129 cm³/mol. The van der Waals surface area contributed by atoms with Gasteiger partial charge < -0.3 is 9.67 Å². The van der Waals surface area contributed by atoms with E-state index in [1.54, 1.807) is 0 Å². The van der Waals surface area contributed by atoms with E-state index in [2.05, 4.69) is 73.0 Å². The zero-order chi connectivity index (χ0) is 22.9. The van der Waals surface area contributed by atoms with Crippen LogP contribution in [0.15, 0.2) is 65.9 Å². The van der Waals surface area contributed by atoms with E-state index in [1.165, 1.54) is 16.8 Å². The maximum atomic E-state index is 10.3. The van der Waals surface area contributed by atoms with Crippen molar-refractivity contribution in [1.29, 1.82) is 5.26 Å². The molecule has 0 fully saturated rings. The molecule has 3 aromatic rings. The number of nitriles is 1. The fraction of sp³-hybridized carbons (Fsp3) is 0.357. The van der Waals surface area contributed by atoms with E-state index in [-0.39, 0.29) is 11.2 Å². The van der Waals surface area contributed by atoms with Crippen LogP contribution in [0.1, 0.15) is 57.2 Å². The van der Waals surface area contributed by atoms with Gasteiger partial charge in [0.1, 0.15) is 11.6 Å². The maximum Gasteiger partial charge on any atom is 0.110 e. The molecule has 2 atom stereocenters. The third-order valence-electron chi connectivity index (χ3n) is 6.99. The third kappa shape index (κ3) is 3.52. The monoisotopic (exact) mass is 425 g/mol. The minimum Gasteiger partial charge on any atom is -0.511 e. The second-order valence-corrected chi connectivity index (χ2v) is 8.78. The number of allylic oxidation sites excluding steroid dienone is 2. The van der Waals surface area contributed by atoms with Crippen LogP contribution in [0.5, 0.6) is 0 Å². The number of aliphatic hydroxyl groups is 1. The SMILES string of the molecule is CC.Cc1nc2c(n1-c1cccc(-c3ccccc3)c1)CCC1CC(O)=C(C#N)CC21C. The fourth-order valence-corrected chi connectivity index (χ4v) is 5.37. The summed E-state index contributed by atoms with van der Waals surface area (Å²) in [5.74, 6) is 1.57. The highest BCUT2D eigenvalue weighted by Gasteiger charge is 2.47. The van der Waals surface area contributed by atoms with E-state index in [1.807, 2.05) is 19.9 Å². The molecular formula is C28H31N3O. The minimum absolute atomic E-state index is 0.210. The molecule has 4 nitrogen and oxygen atoms in total. The Hall–Kier alpha value is -3.32. The Kier molecular flexibility index (Phi) is 5.93. The lowest BCUT2D eigenvalue weighted by Gasteiger charge is -2.43. The first kappa shape index (κ1) is 21.9. The molecular weight excluding hydrogens is 394 g/mol. The second kappa shape index (κ2) is 8.67. The first-order valence-electron chi connectivity index (χ1n) is 11.6. The van der Waals surface area contributed by atoms with Gasteiger partial charge in [-0.2, -0.15) is 5.26 Å². The van der Waals surface area contributed by atoms with Crippen LogP contribution in [-0.2, 0) is 11.8 Å². The summed E-state index contributed by atoms with van der Waals surface area (Å²) in [6.45, 7) is 8.28. The Morgan fingerprint density at radius 3 is 2.53 bits per heavy atom. The lowest BCUT2D eigenvalue weighted by atomic mass is 9.61. The second-order valence-electron chi connectivity index (χ2n) is 8.78. The van der Waals surface area contributed by atoms with Gasteiger partial charge in [-0.1, -0.05) is 63.2 Å². The highest BCUT2D eigenvalue weighted by molar-refractivity contribution is 5.66. The molecule has 0 aliphatic heterocycles. The third-order valence-corrected chi connectivity index (χ3v) is 6.99. The quantitative estimate of drug-likeness (QED) is 0.490. The lowest BCUT2D eigenvalue weighted by molar-refractivity contribution is 0.192. The zero-order valence-corrected chi connectivity index (χ0v) is 19.4. The van der Waals surface area contributed by atoms with Gasteiger partial charge in [0, 0.05) is 23.2 Å². The number of imidazole rings is 1. The highest BCUT2D eigenvalue weighted by atomic mass is 16.3. The summed E-state index contributed by atoms with van der Waals surface area (Å²) in [5, 5.41) is 19.8. The van der Waals surface area contributed by atoms with Crippen molar-refractivity contribution in [2.75, 3.05) is 0 Å². The van der Waals surface area contributed by atoms with Gasteiger partial charge in [-0.25, -0.2) is 4.98 Å². The van der Waals surface area contributed by atoms with Crippen LogP contribution in [0, 0.1) is 24.2 Å². The number of aryl methyl sites for hydroxylation is 1. The number of fused-ring (bicyclic) bond motifs is 3. The van der Waals surface area contributed by atoms with Crippen molar-refractivity contribution in [3.8, 4) is 22.9 Å². The Balaban J connectivity index is 0.00000119. The molecule has 2 aliphatic carbocycles. The molecule has 0 saturated heterocycles. The van der Waals surface area contributed by atoms with E-state index in [9.17, 15) is 10.4 Å². The van der Waals surface area contributed by atoms with Crippen LogP contribution < -0.4 is 0 Å². The Morgan fingerprint density at radius 2 is 1.81 bits per heavy atom. The number of rotatable bonds is 2. The van der Waals surface area contributed by atoms with Crippen molar-refractivity contribution in [3.05, 3.63) is 83.1 Å². The van der Waals surface area contributed by atoms with E-state index >= 15 is 0 Å². The topological polar surface area (TPSA) is 61.8 Å². The van der Waals surface area contributed by atoms with Crippen molar-refractivity contribution in [3.63, 3.8) is 0 Å². The van der Waals surface area contributed by atoms with Crippen molar-refractivity contribution in [2.45, 2.75) is 58.8 Å². The average Bonchev–Trinajstić information content (AvgIpc) is 3.18. The molecule has 4 heteroatoms. The molecule has 1 aromatic heterocycles. The van der Waals surface area contributed by atoms with E-state index in [4.69, 9.17) is 4.98 Å². The maximum absolute atomic E-state index is 10.3. The molecule has 0 radical (unpaired) electrons. The molecule has 32 heavy (non-hydrogen) atoms. The van der Waals surface area contributed by atoms with Gasteiger partial charge in [0.25, 0.3) is 0 Å². The Labute approximate surface area is 190 Å². The number of aromatic nitrogens is 2.